The molecule has 0 bridgehead atoms. The molecular formula is C27H36O5. The summed E-state index contributed by atoms with van der Waals surface area (Å²) in [7, 11) is 0. The van der Waals surface area contributed by atoms with Crippen LogP contribution in [0.15, 0.2) is 42.5 Å². The number of rotatable bonds is 11. The minimum atomic E-state index is -0.180. The molecule has 0 fully saturated rings. The van der Waals surface area contributed by atoms with E-state index in [2.05, 4.69) is 0 Å². The van der Waals surface area contributed by atoms with E-state index in [0.717, 1.165) is 11.3 Å². The molecule has 2 aromatic rings. The first-order valence-corrected chi connectivity index (χ1v) is 11.2. The third-order valence-corrected chi connectivity index (χ3v) is 4.09. The summed E-state index contributed by atoms with van der Waals surface area (Å²) in [5, 5.41) is 0. The van der Waals surface area contributed by atoms with Gasteiger partial charge in [0.25, 0.3) is 0 Å². The molecule has 0 aliphatic heterocycles. The number of para-hydroxylation sites is 1. The Labute approximate surface area is 192 Å². The van der Waals surface area contributed by atoms with Crippen LogP contribution in [0, 0.1) is 0 Å². The van der Waals surface area contributed by atoms with Crippen molar-refractivity contribution in [3.05, 3.63) is 53.6 Å². The number of carbonyl (C=O) groups excluding carboxylic acids is 1. The van der Waals surface area contributed by atoms with Gasteiger partial charge in [0, 0.05) is 5.56 Å². The van der Waals surface area contributed by atoms with Gasteiger partial charge in [-0.1, -0.05) is 6.07 Å². The average molecular weight is 441 g/mol. The van der Waals surface area contributed by atoms with E-state index in [1.807, 2.05) is 79.7 Å². The molecule has 0 heterocycles. The van der Waals surface area contributed by atoms with Crippen molar-refractivity contribution in [2.45, 2.75) is 79.8 Å². The molecule has 0 N–H and O–H groups in total. The van der Waals surface area contributed by atoms with Gasteiger partial charge in [-0.3, -0.25) is 4.79 Å². The Hall–Kier alpha value is -2.95. The van der Waals surface area contributed by atoms with Gasteiger partial charge in [-0.15, -0.1) is 0 Å². The molecule has 0 aliphatic carbocycles. The first-order valence-electron chi connectivity index (χ1n) is 11.2. The molecule has 5 heteroatoms. The Kier molecular flexibility index (Phi) is 9.18. The van der Waals surface area contributed by atoms with Gasteiger partial charge in [0.15, 0.2) is 17.3 Å². The first kappa shape index (κ1) is 25.3. The van der Waals surface area contributed by atoms with Crippen molar-refractivity contribution in [1.29, 1.82) is 0 Å². The van der Waals surface area contributed by atoms with Crippen molar-refractivity contribution >= 4 is 11.9 Å². The van der Waals surface area contributed by atoms with Crippen LogP contribution in [0.3, 0.4) is 0 Å². The van der Waals surface area contributed by atoms with Gasteiger partial charge < -0.3 is 18.9 Å². The summed E-state index contributed by atoms with van der Waals surface area (Å²) in [6.07, 6.45) is 3.20. The van der Waals surface area contributed by atoms with Gasteiger partial charge in [-0.05, 0) is 97.9 Å². The Morgan fingerprint density at radius 2 is 1.31 bits per heavy atom. The van der Waals surface area contributed by atoms with E-state index >= 15 is 0 Å². The summed E-state index contributed by atoms with van der Waals surface area (Å²) in [5.74, 6) is 2.25. The quantitative estimate of drug-likeness (QED) is 0.286. The molecule has 0 saturated heterocycles. The van der Waals surface area contributed by atoms with Crippen LogP contribution in [0.2, 0.25) is 0 Å². The Bertz CT molecular complexity index is 926. The fourth-order valence-corrected chi connectivity index (χ4v) is 3.03. The number of hydrogen-bond donors (Lipinski definition) is 0. The normalized spacial score (nSPS) is 11.6. The highest BCUT2D eigenvalue weighted by Gasteiger charge is 2.18. The summed E-state index contributed by atoms with van der Waals surface area (Å²) in [4.78, 5) is 13.2. The lowest BCUT2D eigenvalue weighted by molar-refractivity contribution is 0.103. The first-order chi connectivity index (χ1) is 15.1. The lowest BCUT2D eigenvalue weighted by Crippen LogP contribution is -2.13. The smallest absolute Gasteiger partial charge is 0.189 e. The van der Waals surface area contributed by atoms with Crippen molar-refractivity contribution in [2.75, 3.05) is 0 Å². The van der Waals surface area contributed by atoms with Crippen LogP contribution in [0.4, 0.5) is 0 Å². The van der Waals surface area contributed by atoms with Crippen molar-refractivity contribution in [3.63, 3.8) is 0 Å². The van der Waals surface area contributed by atoms with Gasteiger partial charge in [-0.25, -0.2) is 0 Å². The second-order valence-electron chi connectivity index (χ2n) is 8.70. The summed E-state index contributed by atoms with van der Waals surface area (Å²) < 4.78 is 23.6. The van der Waals surface area contributed by atoms with Gasteiger partial charge in [0.2, 0.25) is 0 Å². The summed E-state index contributed by atoms with van der Waals surface area (Å²) in [6.45, 7) is 15.6. The largest absolute Gasteiger partial charge is 0.491 e. The topological polar surface area (TPSA) is 54.0 Å². The zero-order chi connectivity index (χ0) is 23.8. The molecule has 0 atom stereocenters. The van der Waals surface area contributed by atoms with Crippen molar-refractivity contribution in [3.8, 4) is 23.0 Å². The summed E-state index contributed by atoms with van der Waals surface area (Å²) in [6, 6.07) is 11.0. The van der Waals surface area contributed by atoms with Crippen molar-refractivity contribution in [2.24, 2.45) is 0 Å². The minimum absolute atomic E-state index is 0.00521. The molecule has 2 rings (SSSR count). The molecular weight excluding hydrogens is 404 g/mol. The van der Waals surface area contributed by atoms with Gasteiger partial charge in [0.1, 0.15) is 11.5 Å². The van der Waals surface area contributed by atoms with Crippen LogP contribution >= 0.6 is 0 Å². The molecule has 0 aliphatic rings. The van der Waals surface area contributed by atoms with Gasteiger partial charge >= 0.3 is 0 Å². The van der Waals surface area contributed by atoms with Crippen LogP contribution in [0.25, 0.3) is 6.08 Å². The Morgan fingerprint density at radius 3 is 1.91 bits per heavy atom. The predicted molar refractivity (Wildman–Crippen MR) is 129 cm³/mol. The Balaban J connectivity index is 2.42. The zero-order valence-corrected chi connectivity index (χ0v) is 20.5. The molecule has 0 radical (unpaired) electrons. The highest BCUT2D eigenvalue weighted by molar-refractivity contribution is 6.09. The van der Waals surface area contributed by atoms with Crippen molar-refractivity contribution in [1.82, 2.24) is 0 Å². The van der Waals surface area contributed by atoms with Crippen LogP contribution < -0.4 is 18.9 Å². The third kappa shape index (κ3) is 7.63. The van der Waals surface area contributed by atoms with Crippen molar-refractivity contribution < 1.29 is 23.7 Å². The number of allylic oxidation sites excluding steroid dienone is 1. The Morgan fingerprint density at radius 1 is 0.719 bits per heavy atom. The van der Waals surface area contributed by atoms with Crippen LogP contribution in [-0.2, 0) is 0 Å². The van der Waals surface area contributed by atoms with E-state index in [0.29, 0.717) is 22.8 Å². The summed E-state index contributed by atoms with van der Waals surface area (Å²) >= 11 is 0. The van der Waals surface area contributed by atoms with E-state index in [9.17, 15) is 4.79 Å². The second kappa shape index (κ2) is 11.6. The number of ether oxygens (including phenoxy) is 4. The van der Waals surface area contributed by atoms with Crippen LogP contribution in [0.5, 0.6) is 23.0 Å². The monoisotopic (exact) mass is 440 g/mol. The minimum Gasteiger partial charge on any atom is -0.491 e. The molecule has 2 aromatic carbocycles. The highest BCUT2D eigenvalue weighted by Crippen LogP contribution is 2.34. The molecule has 5 nitrogen and oxygen atoms in total. The fraction of sp³-hybridized carbons (Fsp3) is 0.444. The van der Waals surface area contributed by atoms with Gasteiger partial charge in [-0.2, -0.15) is 0 Å². The van der Waals surface area contributed by atoms with Crippen LogP contribution in [-0.4, -0.2) is 30.2 Å². The molecule has 0 saturated carbocycles. The average Bonchev–Trinajstić information content (AvgIpc) is 2.67. The number of carbonyl (C=O) groups is 1. The predicted octanol–water partition coefficient (Wildman–Crippen LogP) is 6.73. The van der Waals surface area contributed by atoms with E-state index in [1.54, 1.807) is 18.2 Å². The molecule has 0 spiro atoms. The van der Waals surface area contributed by atoms with E-state index in [-0.39, 0.29) is 30.2 Å². The lowest BCUT2D eigenvalue weighted by atomic mass is 10.1. The molecule has 0 unspecified atom stereocenters. The lowest BCUT2D eigenvalue weighted by Gasteiger charge is -2.19. The maximum atomic E-state index is 13.2. The van der Waals surface area contributed by atoms with E-state index < -0.39 is 0 Å². The molecule has 0 aromatic heterocycles. The van der Waals surface area contributed by atoms with E-state index in [4.69, 9.17) is 18.9 Å². The number of hydrogen-bond acceptors (Lipinski definition) is 5. The standard InChI is InChI=1S/C27H36O5/c1-17(2)29-22-13-15-25(30-18(3)4)21(16-22)12-14-24(28)23-10-9-11-26(31-19(5)6)27(23)32-20(7)8/h9-20H,1-8H3/b14-12+. The highest BCUT2D eigenvalue weighted by atomic mass is 16.5. The van der Waals surface area contributed by atoms with E-state index in [1.165, 1.54) is 6.08 Å². The third-order valence-electron chi connectivity index (χ3n) is 4.09. The summed E-state index contributed by atoms with van der Waals surface area (Å²) in [5.41, 5.74) is 1.22. The fourth-order valence-electron chi connectivity index (χ4n) is 3.03. The zero-order valence-electron chi connectivity index (χ0n) is 20.5. The molecule has 174 valence electrons. The number of benzene rings is 2. The maximum absolute atomic E-state index is 13.2. The second-order valence-corrected chi connectivity index (χ2v) is 8.70. The molecule has 32 heavy (non-hydrogen) atoms. The number of ketones is 1. The molecule has 0 amide bonds. The van der Waals surface area contributed by atoms with Crippen LogP contribution in [0.1, 0.15) is 71.3 Å². The SMILES string of the molecule is CC(C)Oc1ccc(OC(C)C)c(/C=C/C(=O)c2cccc(OC(C)C)c2OC(C)C)c1. The maximum Gasteiger partial charge on any atom is 0.189 e. The van der Waals surface area contributed by atoms with Gasteiger partial charge in [0.05, 0.1) is 30.0 Å².